The summed E-state index contributed by atoms with van der Waals surface area (Å²) in [5.41, 5.74) is 2.16. The van der Waals surface area contributed by atoms with Crippen LogP contribution >= 0.6 is 0 Å². The Morgan fingerprint density at radius 2 is 2.05 bits per heavy atom. The molecule has 0 saturated heterocycles. The van der Waals surface area contributed by atoms with E-state index in [-0.39, 0.29) is 5.91 Å². The molecule has 2 aromatic carbocycles. The zero-order valence-electron chi connectivity index (χ0n) is 11.8. The van der Waals surface area contributed by atoms with Gasteiger partial charge in [-0.2, -0.15) is 5.26 Å². The molecular weight excluding hydrogens is 264 g/mol. The maximum Gasteiger partial charge on any atom is 0.224 e. The van der Waals surface area contributed by atoms with Crippen molar-refractivity contribution in [1.29, 1.82) is 5.26 Å². The summed E-state index contributed by atoms with van der Waals surface area (Å²) < 4.78 is 5.26. The number of para-hydroxylation sites is 1. The van der Waals surface area contributed by atoms with E-state index in [2.05, 4.69) is 5.32 Å². The molecule has 0 unspecified atom stereocenters. The van der Waals surface area contributed by atoms with Crippen LogP contribution in [0.3, 0.4) is 0 Å². The number of hydrogen-bond donors (Lipinski definition) is 1. The van der Waals surface area contributed by atoms with E-state index in [1.165, 1.54) is 0 Å². The molecule has 1 N–H and O–H groups in total. The van der Waals surface area contributed by atoms with Crippen molar-refractivity contribution in [2.75, 3.05) is 12.4 Å². The van der Waals surface area contributed by atoms with Gasteiger partial charge >= 0.3 is 0 Å². The van der Waals surface area contributed by atoms with Crippen LogP contribution < -0.4 is 10.1 Å². The van der Waals surface area contributed by atoms with Crippen molar-refractivity contribution < 1.29 is 9.53 Å². The number of ether oxygens (including phenoxy) is 1. The highest BCUT2D eigenvalue weighted by Crippen LogP contribution is 2.19. The number of nitriles is 1. The Morgan fingerprint density at radius 3 is 2.81 bits per heavy atom. The third kappa shape index (κ3) is 4.08. The number of amides is 1. The summed E-state index contributed by atoms with van der Waals surface area (Å²) in [6, 6.07) is 16.6. The normalized spacial score (nSPS) is 9.71. The maximum atomic E-state index is 12.0. The zero-order valence-corrected chi connectivity index (χ0v) is 11.8. The summed E-state index contributed by atoms with van der Waals surface area (Å²) in [5, 5.41) is 11.6. The van der Waals surface area contributed by atoms with Gasteiger partial charge in [0, 0.05) is 12.1 Å². The van der Waals surface area contributed by atoms with E-state index >= 15 is 0 Å². The number of carbonyl (C=O) groups excluding carboxylic acids is 1. The van der Waals surface area contributed by atoms with Gasteiger partial charge in [0.15, 0.2) is 0 Å². The summed E-state index contributed by atoms with van der Waals surface area (Å²) in [6.45, 7) is 0. The largest absolute Gasteiger partial charge is 0.496 e. The summed E-state index contributed by atoms with van der Waals surface area (Å²) >= 11 is 0. The molecule has 0 atom stereocenters. The summed E-state index contributed by atoms with van der Waals surface area (Å²) in [4.78, 5) is 12.0. The molecule has 2 aromatic rings. The van der Waals surface area contributed by atoms with Crippen LogP contribution in [0.15, 0.2) is 48.5 Å². The third-order valence-electron chi connectivity index (χ3n) is 3.09. The minimum absolute atomic E-state index is 0.0870. The van der Waals surface area contributed by atoms with Crippen molar-refractivity contribution in [2.24, 2.45) is 0 Å². The molecule has 2 rings (SSSR count). The highest BCUT2D eigenvalue weighted by Gasteiger charge is 2.07. The van der Waals surface area contributed by atoms with E-state index in [1.807, 2.05) is 30.3 Å². The topological polar surface area (TPSA) is 62.1 Å². The van der Waals surface area contributed by atoms with Crippen LogP contribution in [-0.2, 0) is 11.2 Å². The molecule has 0 bridgehead atoms. The monoisotopic (exact) mass is 280 g/mol. The molecular formula is C17H16N2O2. The zero-order chi connectivity index (χ0) is 15.1. The van der Waals surface area contributed by atoms with Crippen LogP contribution in [0.25, 0.3) is 0 Å². The number of methoxy groups -OCH3 is 1. The first-order chi connectivity index (χ1) is 10.2. The second-order valence-corrected chi connectivity index (χ2v) is 4.55. The summed E-state index contributed by atoms with van der Waals surface area (Å²) in [5.74, 6) is 0.702. The number of carbonyl (C=O) groups is 1. The van der Waals surface area contributed by atoms with Crippen molar-refractivity contribution in [3.8, 4) is 11.8 Å². The molecule has 0 spiro atoms. The molecule has 4 nitrogen and oxygen atoms in total. The lowest BCUT2D eigenvalue weighted by atomic mass is 10.1. The first-order valence-electron chi connectivity index (χ1n) is 6.65. The predicted octanol–water partition coefficient (Wildman–Crippen LogP) is 3.14. The highest BCUT2D eigenvalue weighted by atomic mass is 16.5. The van der Waals surface area contributed by atoms with Crippen molar-refractivity contribution >= 4 is 11.6 Å². The van der Waals surface area contributed by atoms with E-state index < -0.39 is 0 Å². The molecule has 1 amide bonds. The van der Waals surface area contributed by atoms with Gasteiger partial charge in [0.2, 0.25) is 5.91 Å². The maximum absolute atomic E-state index is 12.0. The Hall–Kier alpha value is -2.80. The smallest absolute Gasteiger partial charge is 0.224 e. The molecule has 106 valence electrons. The van der Waals surface area contributed by atoms with Gasteiger partial charge in [0.1, 0.15) is 5.75 Å². The predicted molar refractivity (Wildman–Crippen MR) is 81.1 cm³/mol. The number of nitrogens with zero attached hydrogens (tertiary/aromatic N) is 1. The Kier molecular flexibility index (Phi) is 4.94. The minimum Gasteiger partial charge on any atom is -0.496 e. The molecule has 0 aliphatic carbocycles. The van der Waals surface area contributed by atoms with Crippen LogP contribution in [0.5, 0.6) is 5.75 Å². The lowest BCUT2D eigenvalue weighted by Gasteiger charge is -2.08. The van der Waals surface area contributed by atoms with E-state index in [9.17, 15) is 4.79 Å². The second-order valence-electron chi connectivity index (χ2n) is 4.55. The van der Waals surface area contributed by atoms with E-state index in [4.69, 9.17) is 10.00 Å². The van der Waals surface area contributed by atoms with Crippen molar-refractivity contribution in [1.82, 2.24) is 0 Å². The van der Waals surface area contributed by atoms with Gasteiger partial charge in [-0.05, 0) is 36.2 Å². The fraction of sp³-hybridized carbons (Fsp3) is 0.176. The molecule has 0 aliphatic heterocycles. The van der Waals surface area contributed by atoms with Gasteiger partial charge in [0.05, 0.1) is 18.7 Å². The number of hydrogen-bond acceptors (Lipinski definition) is 3. The number of benzene rings is 2. The van der Waals surface area contributed by atoms with E-state index in [1.54, 1.807) is 31.4 Å². The van der Waals surface area contributed by atoms with Crippen LogP contribution in [0.1, 0.15) is 17.5 Å². The Bertz CT molecular complexity index is 674. The standard InChI is InChI=1S/C17H16N2O2/c1-21-16-8-3-2-6-14(16)9-10-17(20)19-15-7-4-5-13(11-15)12-18/h2-8,11H,9-10H2,1H3,(H,19,20). The van der Waals surface area contributed by atoms with Crippen LogP contribution in [0.2, 0.25) is 0 Å². The van der Waals surface area contributed by atoms with Crippen molar-refractivity contribution in [2.45, 2.75) is 12.8 Å². The number of aryl methyl sites for hydroxylation is 1. The molecule has 0 saturated carbocycles. The SMILES string of the molecule is COc1ccccc1CCC(=O)Nc1cccc(C#N)c1. The number of anilines is 1. The third-order valence-corrected chi connectivity index (χ3v) is 3.09. The molecule has 0 fully saturated rings. The van der Waals surface area contributed by atoms with E-state index in [0.717, 1.165) is 11.3 Å². The summed E-state index contributed by atoms with van der Waals surface area (Å²) in [6.07, 6.45) is 0.963. The van der Waals surface area contributed by atoms with E-state index in [0.29, 0.717) is 24.1 Å². The highest BCUT2D eigenvalue weighted by molar-refractivity contribution is 5.91. The first-order valence-corrected chi connectivity index (χ1v) is 6.65. The van der Waals surface area contributed by atoms with Crippen LogP contribution in [0, 0.1) is 11.3 Å². The molecule has 0 radical (unpaired) electrons. The molecule has 0 heterocycles. The molecule has 0 aromatic heterocycles. The second kappa shape index (κ2) is 7.11. The van der Waals surface area contributed by atoms with Gasteiger partial charge in [-0.3, -0.25) is 4.79 Å². The number of rotatable bonds is 5. The Labute approximate surface area is 124 Å². The quantitative estimate of drug-likeness (QED) is 0.915. The van der Waals surface area contributed by atoms with Gasteiger partial charge < -0.3 is 10.1 Å². The van der Waals surface area contributed by atoms with Crippen molar-refractivity contribution in [3.63, 3.8) is 0 Å². The number of nitrogens with one attached hydrogen (secondary N) is 1. The molecule has 4 heteroatoms. The summed E-state index contributed by atoms with van der Waals surface area (Å²) in [7, 11) is 1.62. The average molecular weight is 280 g/mol. The molecule has 21 heavy (non-hydrogen) atoms. The fourth-order valence-electron chi connectivity index (χ4n) is 2.05. The average Bonchev–Trinajstić information content (AvgIpc) is 2.53. The lowest BCUT2D eigenvalue weighted by Crippen LogP contribution is -2.12. The Balaban J connectivity index is 1.94. The van der Waals surface area contributed by atoms with Crippen LogP contribution in [0.4, 0.5) is 5.69 Å². The van der Waals surface area contributed by atoms with Gasteiger partial charge in [-0.25, -0.2) is 0 Å². The van der Waals surface area contributed by atoms with Gasteiger partial charge in [-0.1, -0.05) is 24.3 Å². The minimum atomic E-state index is -0.0870. The first kappa shape index (κ1) is 14.6. The van der Waals surface area contributed by atoms with Crippen molar-refractivity contribution in [3.05, 3.63) is 59.7 Å². The van der Waals surface area contributed by atoms with Crippen LogP contribution in [-0.4, -0.2) is 13.0 Å². The Morgan fingerprint density at radius 1 is 1.24 bits per heavy atom. The lowest BCUT2D eigenvalue weighted by molar-refractivity contribution is -0.116. The molecule has 0 aliphatic rings. The fourth-order valence-corrected chi connectivity index (χ4v) is 2.05. The van der Waals surface area contributed by atoms with Gasteiger partial charge in [0.25, 0.3) is 0 Å². The van der Waals surface area contributed by atoms with Gasteiger partial charge in [-0.15, -0.1) is 0 Å².